The van der Waals surface area contributed by atoms with Gasteiger partial charge in [-0.05, 0) is 33.1 Å². The second-order valence-corrected chi connectivity index (χ2v) is 5.28. The lowest BCUT2D eigenvalue weighted by molar-refractivity contribution is 0.174. The number of nitrogens with zero attached hydrogens (tertiary/aromatic N) is 2. The summed E-state index contributed by atoms with van der Waals surface area (Å²) in [4.78, 5) is 4.66. The number of benzene rings is 1. The summed E-state index contributed by atoms with van der Waals surface area (Å²) >= 11 is 0. The van der Waals surface area contributed by atoms with Gasteiger partial charge in [0.15, 0.2) is 0 Å². The number of hydrogen-bond donors (Lipinski definition) is 2. The van der Waals surface area contributed by atoms with Crippen LogP contribution in [0.4, 0.5) is 0 Å². The van der Waals surface area contributed by atoms with E-state index in [1.807, 2.05) is 12.1 Å². The molecular formula is C15H26N4. The average molecular weight is 262 g/mol. The summed E-state index contributed by atoms with van der Waals surface area (Å²) in [5, 5.41) is 7.39. The molecule has 19 heavy (non-hydrogen) atoms. The quantitative estimate of drug-likeness (QED) is 0.581. The summed E-state index contributed by atoms with van der Waals surface area (Å²) in [6.07, 6.45) is 0. The topological polar surface area (TPSA) is 56.4 Å². The second kappa shape index (κ2) is 7.26. The monoisotopic (exact) mass is 262 g/mol. The lowest BCUT2D eigenvalue weighted by Gasteiger charge is -2.30. The van der Waals surface area contributed by atoms with Crippen LogP contribution in [0.15, 0.2) is 24.3 Å². The first kappa shape index (κ1) is 15.7. The zero-order valence-electron chi connectivity index (χ0n) is 12.5. The summed E-state index contributed by atoms with van der Waals surface area (Å²) < 4.78 is 0. The largest absolute Gasteiger partial charge is 0.384 e. The van der Waals surface area contributed by atoms with Gasteiger partial charge in [-0.1, -0.05) is 31.2 Å². The van der Waals surface area contributed by atoms with Gasteiger partial charge in [-0.3, -0.25) is 10.3 Å². The predicted molar refractivity (Wildman–Crippen MR) is 81.6 cm³/mol. The third kappa shape index (κ3) is 5.01. The van der Waals surface area contributed by atoms with Crippen molar-refractivity contribution in [3.8, 4) is 0 Å². The fraction of sp³-hybridized carbons (Fsp3) is 0.533. The van der Waals surface area contributed by atoms with E-state index in [0.717, 1.165) is 25.2 Å². The number of amidine groups is 1. The number of nitrogens with two attached hydrogens (primary N) is 1. The van der Waals surface area contributed by atoms with Gasteiger partial charge in [0.25, 0.3) is 0 Å². The van der Waals surface area contributed by atoms with Crippen molar-refractivity contribution in [2.45, 2.75) is 26.4 Å². The molecule has 0 amide bonds. The summed E-state index contributed by atoms with van der Waals surface area (Å²) in [6, 6.07) is 8.47. The molecule has 0 bridgehead atoms. The van der Waals surface area contributed by atoms with Gasteiger partial charge in [0.1, 0.15) is 5.84 Å². The molecule has 1 aromatic rings. The number of nitrogens with one attached hydrogen (secondary N) is 1. The minimum Gasteiger partial charge on any atom is -0.384 e. The van der Waals surface area contributed by atoms with E-state index in [9.17, 15) is 0 Å². The van der Waals surface area contributed by atoms with Gasteiger partial charge < -0.3 is 10.6 Å². The maximum Gasteiger partial charge on any atom is 0.122 e. The van der Waals surface area contributed by atoms with E-state index >= 15 is 0 Å². The highest BCUT2D eigenvalue weighted by molar-refractivity contribution is 5.94. The Morgan fingerprint density at radius 2 is 1.84 bits per heavy atom. The van der Waals surface area contributed by atoms with Crippen LogP contribution in [0, 0.1) is 5.41 Å². The Labute approximate surface area is 116 Å². The number of rotatable bonds is 7. The predicted octanol–water partition coefficient (Wildman–Crippen LogP) is 1.74. The van der Waals surface area contributed by atoms with Crippen molar-refractivity contribution >= 4 is 5.84 Å². The van der Waals surface area contributed by atoms with Gasteiger partial charge in [0.05, 0.1) is 0 Å². The van der Waals surface area contributed by atoms with E-state index in [4.69, 9.17) is 11.1 Å². The van der Waals surface area contributed by atoms with Crippen molar-refractivity contribution in [1.29, 1.82) is 5.41 Å². The SMILES string of the molecule is CCN(Cc1ccc(C(=N)N)cc1)C(C)CN(C)C. The first-order valence-corrected chi connectivity index (χ1v) is 6.76. The smallest absolute Gasteiger partial charge is 0.122 e. The molecule has 4 heteroatoms. The molecule has 0 spiro atoms. The van der Waals surface area contributed by atoms with Crippen LogP contribution in [-0.2, 0) is 6.54 Å². The van der Waals surface area contributed by atoms with Crippen LogP contribution in [0.1, 0.15) is 25.0 Å². The molecule has 1 rings (SSSR count). The minimum absolute atomic E-state index is 0.125. The molecule has 1 aromatic carbocycles. The van der Waals surface area contributed by atoms with E-state index in [2.05, 4.69) is 49.9 Å². The molecule has 1 atom stereocenters. The van der Waals surface area contributed by atoms with Gasteiger partial charge in [-0.2, -0.15) is 0 Å². The summed E-state index contributed by atoms with van der Waals surface area (Å²) in [7, 11) is 4.21. The summed E-state index contributed by atoms with van der Waals surface area (Å²) in [5.74, 6) is 0.125. The van der Waals surface area contributed by atoms with Crippen molar-refractivity contribution < 1.29 is 0 Å². The van der Waals surface area contributed by atoms with Crippen molar-refractivity contribution in [3.63, 3.8) is 0 Å². The van der Waals surface area contributed by atoms with Crippen LogP contribution in [0.25, 0.3) is 0 Å². The van der Waals surface area contributed by atoms with Crippen molar-refractivity contribution in [3.05, 3.63) is 35.4 Å². The molecule has 0 fully saturated rings. The molecule has 3 N–H and O–H groups in total. The minimum atomic E-state index is 0.125. The van der Waals surface area contributed by atoms with E-state index in [1.54, 1.807) is 0 Å². The first-order chi connectivity index (χ1) is 8.93. The van der Waals surface area contributed by atoms with E-state index < -0.39 is 0 Å². The molecule has 4 nitrogen and oxygen atoms in total. The highest BCUT2D eigenvalue weighted by atomic mass is 15.2. The van der Waals surface area contributed by atoms with Crippen LogP contribution >= 0.6 is 0 Å². The van der Waals surface area contributed by atoms with Crippen molar-refractivity contribution in [2.24, 2.45) is 5.73 Å². The van der Waals surface area contributed by atoms with Crippen LogP contribution in [0.3, 0.4) is 0 Å². The zero-order chi connectivity index (χ0) is 14.4. The Hall–Kier alpha value is -1.39. The average Bonchev–Trinajstić information content (AvgIpc) is 2.35. The maximum absolute atomic E-state index is 7.39. The summed E-state index contributed by atoms with van der Waals surface area (Å²) in [6.45, 7) is 7.47. The molecule has 1 unspecified atom stereocenters. The molecule has 106 valence electrons. The zero-order valence-corrected chi connectivity index (χ0v) is 12.5. The molecule has 0 saturated carbocycles. The molecule has 0 aliphatic carbocycles. The van der Waals surface area contributed by atoms with Gasteiger partial charge in [0, 0.05) is 24.7 Å². The first-order valence-electron chi connectivity index (χ1n) is 6.76. The Morgan fingerprint density at radius 1 is 1.26 bits per heavy atom. The van der Waals surface area contributed by atoms with Crippen molar-refractivity contribution in [2.75, 3.05) is 27.2 Å². The molecule has 0 aliphatic rings. The standard InChI is InChI=1S/C15H26N4/c1-5-19(12(2)10-18(3)4)11-13-6-8-14(9-7-13)15(16)17/h6-9,12H,5,10-11H2,1-4H3,(H3,16,17). The Balaban J connectivity index is 2.67. The van der Waals surface area contributed by atoms with E-state index in [0.29, 0.717) is 6.04 Å². The molecular weight excluding hydrogens is 236 g/mol. The molecule has 0 heterocycles. The second-order valence-electron chi connectivity index (χ2n) is 5.28. The Kier molecular flexibility index (Phi) is 5.99. The fourth-order valence-corrected chi connectivity index (χ4v) is 2.25. The maximum atomic E-state index is 7.39. The highest BCUT2D eigenvalue weighted by Gasteiger charge is 2.13. The normalized spacial score (nSPS) is 12.9. The number of hydrogen-bond acceptors (Lipinski definition) is 3. The van der Waals surface area contributed by atoms with Crippen molar-refractivity contribution in [1.82, 2.24) is 9.80 Å². The molecule has 0 aliphatic heterocycles. The van der Waals surface area contributed by atoms with E-state index in [1.165, 1.54) is 5.56 Å². The lowest BCUT2D eigenvalue weighted by Crippen LogP contribution is -2.39. The van der Waals surface area contributed by atoms with Gasteiger partial charge in [-0.15, -0.1) is 0 Å². The van der Waals surface area contributed by atoms with Gasteiger partial charge in [0.2, 0.25) is 0 Å². The Morgan fingerprint density at radius 3 is 2.26 bits per heavy atom. The highest BCUT2D eigenvalue weighted by Crippen LogP contribution is 2.10. The van der Waals surface area contributed by atoms with Crippen LogP contribution in [0.2, 0.25) is 0 Å². The summed E-state index contributed by atoms with van der Waals surface area (Å²) in [5.41, 5.74) is 7.51. The van der Waals surface area contributed by atoms with E-state index in [-0.39, 0.29) is 5.84 Å². The molecule has 0 radical (unpaired) electrons. The lowest BCUT2D eigenvalue weighted by atomic mass is 10.1. The Bertz CT molecular complexity index is 397. The van der Waals surface area contributed by atoms with Gasteiger partial charge in [-0.25, -0.2) is 0 Å². The third-order valence-corrected chi connectivity index (χ3v) is 3.31. The third-order valence-electron chi connectivity index (χ3n) is 3.31. The fourth-order valence-electron chi connectivity index (χ4n) is 2.25. The van der Waals surface area contributed by atoms with Gasteiger partial charge >= 0.3 is 0 Å². The molecule has 0 saturated heterocycles. The van der Waals surface area contributed by atoms with Crippen LogP contribution < -0.4 is 5.73 Å². The number of likely N-dealkylation sites (N-methyl/N-ethyl adjacent to an activating group) is 2. The van der Waals surface area contributed by atoms with Crippen LogP contribution in [0.5, 0.6) is 0 Å². The molecule has 0 aromatic heterocycles. The number of nitrogen functional groups attached to an aromatic ring is 1. The van der Waals surface area contributed by atoms with Crippen LogP contribution in [-0.4, -0.2) is 48.9 Å².